The van der Waals surface area contributed by atoms with Crippen molar-refractivity contribution >= 4 is 23.5 Å². The maximum Gasteiger partial charge on any atom is 0.338 e. The lowest BCUT2D eigenvalue weighted by Crippen LogP contribution is -2.29. The van der Waals surface area contributed by atoms with Crippen LogP contribution in [0.1, 0.15) is 44.4 Å². The Hall–Kier alpha value is -3.39. The Kier molecular flexibility index (Phi) is 5.32. The molecule has 0 spiro atoms. The summed E-state index contributed by atoms with van der Waals surface area (Å²) >= 11 is 0. The van der Waals surface area contributed by atoms with Gasteiger partial charge in [0.15, 0.2) is 11.5 Å². The van der Waals surface area contributed by atoms with Crippen molar-refractivity contribution in [2.75, 3.05) is 18.6 Å². The lowest BCUT2D eigenvalue weighted by atomic mass is 10.1. The zero-order chi connectivity index (χ0) is 20.4. The van der Waals surface area contributed by atoms with Gasteiger partial charge in [-0.25, -0.2) is 9.69 Å². The number of ether oxygens (including phenoxy) is 2. The minimum atomic E-state index is -0.762. The Balaban J connectivity index is 1.89. The first-order valence-electron chi connectivity index (χ1n) is 8.62. The molecule has 2 amide bonds. The van der Waals surface area contributed by atoms with Crippen LogP contribution < -0.4 is 9.64 Å². The van der Waals surface area contributed by atoms with E-state index in [-0.39, 0.29) is 40.5 Å². The van der Waals surface area contributed by atoms with Gasteiger partial charge in [0.2, 0.25) is 0 Å². The van der Waals surface area contributed by atoms with E-state index in [4.69, 9.17) is 9.47 Å². The van der Waals surface area contributed by atoms with Crippen LogP contribution in [0, 0.1) is 0 Å². The number of nitrogens with zero attached hydrogens (tertiary/aromatic N) is 1. The highest BCUT2D eigenvalue weighted by Crippen LogP contribution is 2.35. The highest BCUT2D eigenvalue weighted by atomic mass is 16.5. The molecule has 2 N–H and O–H groups in total. The number of phenols is 1. The lowest BCUT2D eigenvalue weighted by Gasteiger charge is -2.15. The normalized spacial score (nSPS) is 14.0. The van der Waals surface area contributed by atoms with Crippen LogP contribution >= 0.6 is 0 Å². The molecule has 1 aliphatic heterocycles. The second-order valence-electron chi connectivity index (χ2n) is 6.22. The number of amides is 2. The maximum absolute atomic E-state index is 12.8. The van der Waals surface area contributed by atoms with Gasteiger partial charge >= 0.3 is 5.97 Å². The molecular formula is C20H19NO7. The summed E-state index contributed by atoms with van der Waals surface area (Å²) in [6, 6.07) is 8.19. The van der Waals surface area contributed by atoms with Crippen molar-refractivity contribution in [3.05, 3.63) is 53.1 Å². The summed E-state index contributed by atoms with van der Waals surface area (Å²) < 4.78 is 10.0. The highest BCUT2D eigenvalue weighted by molar-refractivity contribution is 6.34. The van der Waals surface area contributed by atoms with Crippen molar-refractivity contribution < 1.29 is 34.1 Å². The zero-order valence-corrected chi connectivity index (χ0v) is 15.3. The topological polar surface area (TPSA) is 113 Å². The molecule has 0 saturated carbocycles. The summed E-state index contributed by atoms with van der Waals surface area (Å²) in [5.74, 6) is -1.85. The second kappa shape index (κ2) is 7.69. The molecule has 2 aromatic rings. The summed E-state index contributed by atoms with van der Waals surface area (Å²) in [7, 11) is 1.36. The Bertz CT molecular complexity index is 954. The van der Waals surface area contributed by atoms with E-state index >= 15 is 0 Å². The summed E-state index contributed by atoms with van der Waals surface area (Å²) in [6.45, 7) is 1.60. The van der Waals surface area contributed by atoms with Gasteiger partial charge < -0.3 is 19.7 Å². The molecule has 2 aromatic carbocycles. The number of hydrogen-bond donors (Lipinski definition) is 2. The van der Waals surface area contributed by atoms with Crippen LogP contribution in [0.25, 0.3) is 0 Å². The van der Waals surface area contributed by atoms with Crippen molar-refractivity contribution in [1.82, 2.24) is 0 Å². The molecule has 1 aliphatic rings. The number of hydrogen-bond acceptors (Lipinski definition) is 7. The van der Waals surface area contributed by atoms with Crippen molar-refractivity contribution in [3.8, 4) is 11.5 Å². The van der Waals surface area contributed by atoms with Gasteiger partial charge in [-0.3, -0.25) is 9.59 Å². The molecule has 8 heteroatoms. The van der Waals surface area contributed by atoms with Crippen LogP contribution in [0.5, 0.6) is 11.5 Å². The molecule has 0 aliphatic carbocycles. The number of benzene rings is 2. The number of rotatable bonds is 6. The molecule has 146 valence electrons. The first kappa shape index (κ1) is 19.4. The van der Waals surface area contributed by atoms with Crippen LogP contribution in [-0.4, -0.2) is 47.8 Å². The third kappa shape index (κ3) is 3.41. The first-order valence-corrected chi connectivity index (χ1v) is 8.62. The molecular weight excluding hydrogens is 366 g/mol. The Morgan fingerprint density at radius 1 is 1.11 bits per heavy atom. The first-order chi connectivity index (χ1) is 13.4. The van der Waals surface area contributed by atoms with E-state index in [1.807, 2.05) is 0 Å². The van der Waals surface area contributed by atoms with Crippen molar-refractivity contribution in [3.63, 3.8) is 0 Å². The molecule has 1 heterocycles. The summed E-state index contributed by atoms with van der Waals surface area (Å²) in [5, 5.41) is 19.2. The van der Waals surface area contributed by atoms with Crippen LogP contribution in [0.2, 0.25) is 0 Å². The van der Waals surface area contributed by atoms with E-state index in [2.05, 4.69) is 0 Å². The number of aromatic hydroxyl groups is 1. The SMILES string of the molecule is CCC(O)COC(=O)c1ccc2c(c1)C(=O)N(c1ccc(O)c(OC)c1)C2=O. The molecule has 1 atom stereocenters. The molecule has 28 heavy (non-hydrogen) atoms. The van der Waals surface area contributed by atoms with Crippen LogP contribution in [-0.2, 0) is 4.74 Å². The number of imide groups is 1. The molecule has 0 radical (unpaired) electrons. The van der Waals surface area contributed by atoms with Gasteiger partial charge in [-0.2, -0.15) is 0 Å². The number of aliphatic hydroxyl groups excluding tert-OH is 1. The van der Waals surface area contributed by atoms with Gasteiger partial charge in [0.1, 0.15) is 6.61 Å². The monoisotopic (exact) mass is 385 g/mol. The predicted molar refractivity (Wildman–Crippen MR) is 98.8 cm³/mol. The largest absolute Gasteiger partial charge is 0.504 e. The van der Waals surface area contributed by atoms with Gasteiger partial charge in [0.05, 0.1) is 35.6 Å². The van der Waals surface area contributed by atoms with Gasteiger partial charge in [-0.15, -0.1) is 0 Å². The number of methoxy groups -OCH3 is 1. The molecule has 1 unspecified atom stereocenters. The molecule has 3 rings (SSSR count). The number of phenolic OH excluding ortho intramolecular Hbond substituents is 1. The maximum atomic E-state index is 12.8. The molecule has 8 nitrogen and oxygen atoms in total. The number of fused-ring (bicyclic) bond motifs is 1. The van der Waals surface area contributed by atoms with Crippen molar-refractivity contribution in [2.24, 2.45) is 0 Å². The van der Waals surface area contributed by atoms with Gasteiger partial charge in [-0.05, 0) is 36.8 Å². The average molecular weight is 385 g/mol. The second-order valence-corrected chi connectivity index (χ2v) is 6.22. The standard InChI is InChI=1S/C20H19NO7/c1-3-13(22)10-28-20(26)11-4-6-14-15(8-11)19(25)21(18(14)24)12-5-7-16(23)17(9-12)27-2/h4-9,13,22-23H,3,10H2,1-2H3. The van der Waals surface area contributed by atoms with Crippen LogP contribution in [0.3, 0.4) is 0 Å². The van der Waals surface area contributed by atoms with Crippen LogP contribution in [0.15, 0.2) is 36.4 Å². The Morgan fingerprint density at radius 3 is 2.50 bits per heavy atom. The molecule has 0 bridgehead atoms. The van der Waals surface area contributed by atoms with Gasteiger partial charge in [-0.1, -0.05) is 6.92 Å². The molecule has 0 aromatic heterocycles. The number of anilines is 1. The van der Waals surface area contributed by atoms with Crippen molar-refractivity contribution in [1.29, 1.82) is 0 Å². The van der Waals surface area contributed by atoms with E-state index < -0.39 is 23.9 Å². The minimum absolute atomic E-state index is 0.0718. The van der Waals surface area contributed by atoms with E-state index in [1.165, 1.54) is 43.5 Å². The zero-order valence-electron chi connectivity index (χ0n) is 15.3. The van der Waals surface area contributed by atoms with Gasteiger partial charge in [0, 0.05) is 6.07 Å². The number of carbonyl (C=O) groups excluding carboxylic acids is 3. The average Bonchev–Trinajstić information content (AvgIpc) is 2.96. The van der Waals surface area contributed by atoms with Crippen LogP contribution in [0.4, 0.5) is 5.69 Å². The molecule has 0 saturated heterocycles. The lowest BCUT2D eigenvalue weighted by molar-refractivity contribution is 0.0250. The van der Waals surface area contributed by atoms with Gasteiger partial charge in [0.25, 0.3) is 11.8 Å². The Morgan fingerprint density at radius 2 is 1.82 bits per heavy atom. The van der Waals surface area contributed by atoms with Crippen molar-refractivity contribution in [2.45, 2.75) is 19.4 Å². The predicted octanol–water partition coefficient (Wildman–Crippen LogP) is 2.13. The fourth-order valence-electron chi connectivity index (χ4n) is 2.78. The highest BCUT2D eigenvalue weighted by Gasteiger charge is 2.37. The van der Waals surface area contributed by atoms with E-state index in [9.17, 15) is 24.6 Å². The summed E-state index contributed by atoms with van der Waals surface area (Å²) in [4.78, 5) is 38.6. The minimum Gasteiger partial charge on any atom is -0.504 e. The quantitative estimate of drug-likeness (QED) is 0.578. The number of aliphatic hydroxyl groups is 1. The van der Waals surface area contributed by atoms with E-state index in [0.29, 0.717) is 6.42 Å². The summed E-state index contributed by atoms with van der Waals surface area (Å²) in [6.07, 6.45) is -0.322. The molecule has 0 fully saturated rings. The number of esters is 1. The number of carbonyl (C=O) groups is 3. The third-order valence-electron chi connectivity index (χ3n) is 4.42. The van der Waals surface area contributed by atoms with E-state index in [0.717, 1.165) is 4.90 Å². The van der Waals surface area contributed by atoms with E-state index in [1.54, 1.807) is 6.92 Å². The fourth-order valence-corrected chi connectivity index (χ4v) is 2.78. The summed E-state index contributed by atoms with van der Waals surface area (Å²) in [5.41, 5.74) is 0.564. The fraction of sp³-hybridized carbons (Fsp3) is 0.250. The third-order valence-corrected chi connectivity index (χ3v) is 4.42. The Labute approximate surface area is 160 Å². The smallest absolute Gasteiger partial charge is 0.338 e.